The van der Waals surface area contributed by atoms with Gasteiger partial charge in [-0.1, -0.05) is 6.07 Å². The van der Waals surface area contributed by atoms with E-state index < -0.39 is 0 Å². The van der Waals surface area contributed by atoms with Crippen LogP contribution in [-0.2, 0) is 7.05 Å². The maximum Gasteiger partial charge on any atom is 0.238 e. The van der Waals surface area contributed by atoms with Gasteiger partial charge < -0.3 is 4.74 Å². The van der Waals surface area contributed by atoms with E-state index in [2.05, 4.69) is 25.1 Å². The molecule has 1 aromatic heterocycles. The first-order valence-electron chi connectivity index (χ1n) is 4.82. The molecule has 0 saturated carbocycles. The van der Waals surface area contributed by atoms with Crippen molar-refractivity contribution >= 4 is 0 Å². The fraction of sp³-hybridized carbons (Fsp3) is 0.250. The molecule has 0 bridgehead atoms. The molecule has 0 saturated heterocycles. The van der Waals surface area contributed by atoms with Crippen molar-refractivity contribution in [2.75, 3.05) is 0 Å². The average molecular weight is 201 g/mol. The van der Waals surface area contributed by atoms with Gasteiger partial charge in [-0.2, -0.15) is 0 Å². The Kier molecular flexibility index (Phi) is 2.46. The van der Waals surface area contributed by atoms with E-state index >= 15 is 0 Å². The van der Waals surface area contributed by atoms with Crippen LogP contribution in [0.15, 0.2) is 24.3 Å². The molecule has 3 heteroatoms. The molecule has 0 N–H and O–H groups in total. The number of nitrogens with zero attached hydrogens (tertiary/aromatic N) is 2. The van der Waals surface area contributed by atoms with Gasteiger partial charge in [0, 0.05) is 13.1 Å². The first-order valence-corrected chi connectivity index (χ1v) is 4.82. The molecule has 1 aromatic carbocycles. The quantitative estimate of drug-likeness (QED) is 0.746. The van der Waals surface area contributed by atoms with E-state index in [9.17, 15) is 0 Å². The van der Waals surface area contributed by atoms with Crippen LogP contribution in [0.1, 0.15) is 11.1 Å². The molecule has 2 aromatic rings. The minimum absolute atomic E-state index is 0.570. The lowest BCUT2D eigenvalue weighted by atomic mass is 10.1. The number of benzene rings is 1. The summed E-state index contributed by atoms with van der Waals surface area (Å²) in [6.45, 7) is 4.14. The summed E-state index contributed by atoms with van der Waals surface area (Å²) in [4.78, 5) is 0. The molecular formula is C12H13N2O. The Balaban J connectivity index is 2.21. The van der Waals surface area contributed by atoms with Crippen molar-refractivity contribution in [3.63, 3.8) is 0 Å². The molecule has 0 aliphatic rings. The van der Waals surface area contributed by atoms with Crippen LogP contribution < -0.4 is 4.74 Å². The van der Waals surface area contributed by atoms with Crippen molar-refractivity contribution in [1.82, 2.24) is 9.78 Å². The van der Waals surface area contributed by atoms with Gasteiger partial charge in [-0.15, -0.1) is 5.10 Å². The molecule has 15 heavy (non-hydrogen) atoms. The molecule has 0 aliphatic heterocycles. The maximum atomic E-state index is 5.57. The van der Waals surface area contributed by atoms with Crippen molar-refractivity contribution in [3.05, 3.63) is 41.6 Å². The molecular weight excluding hydrogens is 188 g/mol. The standard InChI is InChI=1S/C12H13N2O/c1-9-4-5-11(8-10(9)2)15-12-6-7-14(3)13-12/h4-6,8H,1-3H3. The smallest absolute Gasteiger partial charge is 0.238 e. The van der Waals surface area contributed by atoms with Crippen molar-refractivity contribution < 1.29 is 4.74 Å². The van der Waals surface area contributed by atoms with E-state index in [4.69, 9.17) is 4.74 Å². The lowest BCUT2D eigenvalue weighted by molar-refractivity contribution is 0.453. The minimum Gasteiger partial charge on any atom is -0.438 e. The lowest BCUT2D eigenvalue weighted by Gasteiger charge is -2.04. The number of hydrogen-bond donors (Lipinski definition) is 0. The Morgan fingerprint density at radius 1 is 1.27 bits per heavy atom. The molecule has 0 aliphatic carbocycles. The topological polar surface area (TPSA) is 27.1 Å². The third kappa shape index (κ3) is 2.18. The van der Waals surface area contributed by atoms with Crippen molar-refractivity contribution in [3.8, 4) is 11.6 Å². The third-order valence-corrected chi connectivity index (χ3v) is 2.32. The highest BCUT2D eigenvalue weighted by Crippen LogP contribution is 2.21. The van der Waals surface area contributed by atoms with Crippen LogP contribution in [0.2, 0.25) is 0 Å². The zero-order valence-corrected chi connectivity index (χ0v) is 9.11. The predicted octanol–water partition coefficient (Wildman–Crippen LogP) is 2.63. The van der Waals surface area contributed by atoms with Gasteiger partial charge in [0.15, 0.2) is 0 Å². The van der Waals surface area contributed by atoms with Crippen molar-refractivity contribution in [1.29, 1.82) is 0 Å². The SMILES string of the molecule is Cc1ccc(Oc2c[c]n(C)n2)cc1C. The zero-order chi connectivity index (χ0) is 10.8. The number of rotatable bonds is 2. The summed E-state index contributed by atoms with van der Waals surface area (Å²) in [6.07, 6.45) is 2.90. The van der Waals surface area contributed by atoms with Gasteiger partial charge in [0.2, 0.25) is 5.88 Å². The van der Waals surface area contributed by atoms with Gasteiger partial charge in [-0.25, -0.2) is 0 Å². The molecule has 0 atom stereocenters. The van der Waals surface area contributed by atoms with E-state index in [0.717, 1.165) is 5.75 Å². The monoisotopic (exact) mass is 201 g/mol. The molecule has 0 unspecified atom stereocenters. The summed E-state index contributed by atoms with van der Waals surface area (Å²) < 4.78 is 7.17. The van der Waals surface area contributed by atoms with Crippen LogP contribution in [-0.4, -0.2) is 9.78 Å². The molecule has 77 valence electrons. The predicted molar refractivity (Wildman–Crippen MR) is 58.0 cm³/mol. The fourth-order valence-corrected chi connectivity index (χ4v) is 1.30. The Bertz CT molecular complexity index is 474. The Labute approximate surface area is 89.3 Å². The fourth-order valence-electron chi connectivity index (χ4n) is 1.30. The van der Waals surface area contributed by atoms with E-state index in [0.29, 0.717) is 5.88 Å². The number of hydrogen-bond acceptors (Lipinski definition) is 2. The second kappa shape index (κ2) is 3.77. The van der Waals surface area contributed by atoms with Crippen LogP contribution in [0, 0.1) is 20.0 Å². The number of aromatic nitrogens is 2. The summed E-state index contributed by atoms with van der Waals surface area (Å²) in [5.41, 5.74) is 2.47. The van der Waals surface area contributed by atoms with Crippen LogP contribution in [0.25, 0.3) is 0 Å². The summed E-state index contributed by atoms with van der Waals surface area (Å²) in [5, 5.41) is 4.10. The van der Waals surface area contributed by atoms with Crippen LogP contribution in [0.5, 0.6) is 11.6 Å². The van der Waals surface area contributed by atoms with Gasteiger partial charge in [-0.3, -0.25) is 4.68 Å². The van der Waals surface area contributed by atoms with E-state index in [1.807, 2.05) is 25.2 Å². The molecule has 0 fully saturated rings. The first kappa shape index (κ1) is 9.77. The van der Waals surface area contributed by atoms with Gasteiger partial charge in [0.25, 0.3) is 0 Å². The van der Waals surface area contributed by atoms with Crippen LogP contribution in [0.3, 0.4) is 0 Å². The lowest BCUT2D eigenvalue weighted by Crippen LogP contribution is -1.90. The summed E-state index contributed by atoms with van der Waals surface area (Å²) >= 11 is 0. The zero-order valence-electron chi connectivity index (χ0n) is 9.11. The summed E-state index contributed by atoms with van der Waals surface area (Å²) in [6, 6.07) is 7.70. The second-order valence-electron chi connectivity index (χ2n) is 3.58. The Morgan fingerprint density at radius 3 is 2.67 bits per heavy atom. The molecule has 3 nitrogen and oxygen atoms in total. The highest BCUT2D eigenvalue weighted by Gasteiger charge is 2.01. The van der Waals surface area contributed by atoms with Crippen LogP contribution >= 0.6 is 0 Å². The molecule has 1 heterocycles. The minimum atomic E-state index is 0.570. The second-order valence-corrected chi connectivity index (χ2v) is 3.58. The van der Waals surface area contributed by atoms with Crippen molar-refractivity contribution in [2.24, 2.45) is 7.05 Å². The van der Waals surface area contributed by atoms with E-state index in [-0.39, 0.29) is 0 Å². The highest BCUT2D eigenvalue weighted by molar-refractivity contribution is 5.35. The van der Waals surface area contributed by atoms with Gasteiger partial charge in [0.1, 0.15) is 5.75 Å². The van der Waals surface area contributed by atoms with Crippen LogP contribution in [0.4, 0.5) is 0 Å². The van der Waals surface area contributed by atoms with E-state index in [1.165, 1.54) is 11.1 Å². The summed E-state index contributed by atoms with van der Waals surface area (Å²) in [7, 11) is 1.81. The Hall–Kier alpha value is -1.77. The van der Waals surface area contributed by atoms with Gasteiger partial charge in [-0.05, 0) is 37.1 Å². The highest BCUT2D eigenvalue weighted by atomic mass is 16.5. The molecule has 1 radical (unpaired) electrons. The number of ether oxygens (including phenoxy) is 1. The molecule has 2 rings (SSSR count). The van der Waals surface area contributed by atoms with E-state index in [1.54, 1.807) is 10.7 Å². The van der Waals surface area contributed by atoms with Crippen molar-refractivity contribution in [2.45, 2.75) is 13.8 Å². The maximum absolute atomic E-state index is 5.57. The summed E-state index contributed by atoms with van der Waals surface area (Å²) in [5.74, 6) is 1.38. The number of aryl methyl sites for hydroxylation is 3. The Morgan fingerprint density at radius 2 is 2.07 bits per heavy atom. The first-order chi connectivity index (χ1) is 7.15. The van der Waals surface area contributed by atoms with Gasteiger partial charge >= 0.3 is 0 Å². The van der Waals surface area contributed by atoms with Gasteiger partial charge in [0.05, 0.1) is 6.20 Å². The molecule has 0 amide bonds. The average Bonchev–Trinajstić information content (AvgIpc) is 2.58. The normalized spacial score (nSPS) is 10.3. The molecule has 0 spiro atoms. The third-order valence-electron chi connectivity index (χ3n) is 2.32. The largest absolute Gasteiger partial charge is 0.438 e.